The zero-order valence-corrected chi connectivity index (χ0v) is 8.77. The Morgan fingerprint density at radius 1 is 1.21 bits per heavy atom. The molecule has 1 aromatic carbocycles. The van der Waals surface area contributed by atoms with Crippen molar-refractivity contribution in [2.24, 2.45) is 5.41 Å². The zero-order chi connectivity index (χ0) is 10.6. The summed E-state index contributed by atoms with van der Waals surface area (Å²) < 4.78 is 0. The van der Waals surface area contributed by atoms with Gasteiger partial charge in [-0.3, -0.25) is 0 Å². The summed E-state index contributed by atoms with van der Waals surface area (Å²) in [4.78, 5) is 0. The second kappa shape index (κ2) is 4.58. The molecule has 0 heterocycles. The highest BCUT2D eigenvalue weighted by Gasteiger charge is 2.27. The fraction of sp³-hybridized carbons (Fsp3) is 0.500. The van der Waals surface area contributed by atoms with E-state index in [2.05, 4.69) is 0 Å². The van der Waals surface area contributed by atoms with Gasteiger partial charge in [0, 0.05) is 0 Å². The first-order chi connectivity index (χ1) is 6.56. The molecule has 2 N–H and O–H groups in total. The lowest BCUT2D eigenvalue weighted by Gasteiger charge is -2.29. The van der Waals surface area contributed by atoms with Crippen LogP contribution in [0.5, 0.6) is 0 Å². The molecule has 0 saturated carbocycles. The van der Waals surface area contributed by atoms with Crippen molar-refractivity contribution in [3.63, 3.8) is 0 Å². The molecule has 78 valence electrons. The molecule has 0 aromatic heterocycles. The fourth-order valence-corrected chi connectivity index (χ4v) is 1.49. The second-order valence-corrected chi connectivity index (χ2v) is 4.35. The third-order valence-corrected chi connectivity index (χ3v) is 2.58. The molecule has 14 heavy (non-hydrogen) atoms. The Balaban J connectivity index is 2.68. The maximum absolute atomic E-state index is 9.60. The van der Waals surface area contributed by atoms with Crippen LogP contribution in [0.25, 0.3) is 0 Å². The molecule has 2 heteroatoms. The van der Waals surface area contributed by atoms with E-state index in [1.165, 1.54) is 5.56 Å². The summed E-state index contributed by atoms with van der Waals surface area (Å²) >= 11 is 0. The van der Waals surface area contributed by atoms with E-state index in [1.807, 2.05) is 44.2 Å². The smallest absolute Gasteiger partial charge is 0.0824 e. The van der Waals surface area contributed by atoms with Crippen LogP contribution < -0.4 is 0 Å². The molecule has 1 unspecified atom stereocenters. The summed E-state index contributed by atoms with van der Waals surface area (Å²) in [6, 6.07) is 10.0. The molecule has 0 spiro atoms. The molecule has 0 bridgehead atoms. The van der Waals surface area contributed by atoms with E-state index in [9.17, 15) is 5.11 Å². The predicted molar refractivity (Wildman–Crippen MR) is 57.0 cm³/mol. The Kier molecular flexibility index (Phi) is 3.67. The largest absolute Gasteiger partial charge is 0.394 e. The summed E-state index contributed by atoms with van der Waals surface area (Å²) in [5, 5.41) is 18.5. The van der Waals surface area contributed by atoms with Gasteiger partial charge in [-0.2, -0.15) is 0 Å². The standard InChI is InChI=1S/C12H18O2/c1-12(2,11(14)9-13)8-10-6-4-3-5-7-10/h3-7,11,13-14H,8-9H2,1-2H3. The minimum atomic E-state index is -0.664. The van der Waals surface area contributed by atoms with Crippen molar-refractivity contribution in [3.8, 4) is 0 Å². The lowest BCUT2D eigenvalue weighted by Crippen LogP contribution is -2.34. The van der Waals surface area contributed by atoms with Gasteiger partial charge in [0.1, 0.15) is 0 Å². The number of aliphatic hydroxyl groups is 2. The maximum atomic E-state index is 9.60. The van der Waals surface area contributed by atoms with E-state index in [0.717, 1.165) is 6.42 Å². The van der Waals surface area contributed by atoms with Crippen LogP contribution in [0.3, 0.4) is 0 Å². The van der Waals surface area contributed by atoms with Gasteiger partial charge in [-0.15, -0.1) is 0 Å². The molecule has 0 amide bonds. The molecule has 1 atom stereocenters. The lowest BCUT2D eigenvalue weighted by atomic mass is 9.81. The molecule has 1 aromatic rings. The van der Waals surface area contributed by atoms with E-state index >= 15 is 0 Å². The summed E-state index contributed by atoms with van der Waals surface area (Å²) in [5.41, 5.74) is 0.904. The van der Waals surface area contributed by atoms with Crippen LogP contribution in [0.15, 0.2) is 30.3 Å². The van der Waals surface area contributed by atoms with Crippen LogP contribution in [0.4, 0.5) is 0 Å². The van der Waals surface area contributed by atoms with Gasteiger partial charge in [-0.25, -0.2) is 0 Å². The summed E-state index contributed by atoms with van der Waals surface area (Å²) in [6.45, 7) is 3.74. The topological polar surface area (TPSA) is 40.5 Å². The highest BCUT2D eigenvalue weighted by Crippen LogP contribution is 2.25. The van der Waals surface area contributed by atoms with Crippen LogP contribution in [-0.2, 0) is 6.42 Å². The minimum absolute atomic E-state index is 0.181. The van der Waals surface area contributed by atoms with Crippen LogP contribution in [0.2, 0.25) is 0 Å². The van der Waals surface area contributed by atoms with E-state index in [1.54, 1.807) is 0 Å². The predicted octanol–water partition coefficient (Wildman–Crippen LogP) is 1.61. The Labute approximate surface area is 85.2 Å². The van der Waals surface area contributed by atoms with Crippen molar-refractivity contribution in [3.05, 3.63) is 35.9 Å². The van der Waals surface area contributed by atoms with E-state index in [4.69, 9.17) is 5.11 Å². The summed E-state index contributed by atoms with van der Waals surface area (Å²) in [6.07, 6.45) is 0.109. The normalized spacial score (nSPS) is 14.0. The first-order valence-corrected chi connectivity index (χ1v) is 4.89. The highest BCUT2D eigenvalue weighted by atomic mass is 16.3. The van der Waals surface area contributed by atoms with Gasteiger partial charge >= 0.3 is 0 Å². The molecule has 0 saturated heterocycles. The van der Waals surface area contributed by atoms with Gasteiger partial charge in [0.25, 0.3) is 0 Å². The third kappa shape index (κ3) is 2.82. The quantitative estimate of drug-likeness (QED) is 0.764. The fourth-order valence-electron chi connectivity index (χ4n) is 1.49. The molecule has 0 aliphatic heterocycles. The number of aliphatic hydroxyl groups excluding tert-OH is 2. The lowest BCUT2D eigenvalue weighted by molar-refractivity contribution is 0.00380. The molecule has 0 aliphatic carbocycles. The van der Waals surface area contributed by atoms with Crippen molar-refractivity contribution >= 4 is 0 Å². The van der Waals surface area contributed by atoms with Crippen LogP contribution in [0, 0.1) is 5.41 Å². The Bertz CT molecular complexity index is 267. The molecule has 1 rings (SSSR count). The SMILES string of the molecule is CC(C)(Cc1ccccc1)C(O)CO. The van der Waals surface area contributed by atoms with Crippen LogP contribution >= 0.6 is 0 Å². The van der Waals surface area contributed by atoms with E-state index in [0.29, 0.717) is 0 Å². The minimum Gasteiger partial charge on any atom is -0.394 e. The molecular formula is C12H18O2. The first kappa shape index (κ1) is 11.2. The van der Waals surface area contributed by atoms with Crippen molar-refractivity contribution < 1.29 is 10.2 Å². The molecule has 0 radical (unpaired) electrons. The first-order valence-electron chi connectivity index (χ1n) is 4.89. The van der Waals surface area contributed by atoms with Gasteiger partial charge in [0.15, 0.2) is 0 Å². The Morgan fingerprint density at radius 3 is 2.29 bits per heavy atom. The van der Waals surface area contributed by atoms with Crippen molar-refractivity contribution in [2.75, 3.05) is 6.61 Å². The molecule has 0 fully saturated rings. The number of rotatable bonds is 4. The monoisotopic (exact) mass is 194 g/mol. The van der Waals surface area contributed by atoms with Gasteiger partial charge in [0.05, 0.1) is 12.7 Å². The van der Waals surface area contributed by atoms with Crippen molar-refractivity contribution in [1.29, 1.82) is 0 Å². The summed E-state index contributed by atoms with van der Waals surface area (Å²) in [5.74, 6) is 0. The maximum Gasteiger partial charge on any atom is 0.0824 e. The average molecular weight is 194 g/mol. The highest BCUT2D eigenvalue weighted by molar-refractivity contribution is 5.16. The van der Waals surface area contributed by atoms with Gasteiger partial charge in [-0.1, -0.05) is 44.2 Å². The third-order valence-electron chi connectivity index (χ3n) is 2.58. The number of hydrogen-bond acceptors (Lipinski definition) is 2. The van der Waals surface area contributed by atoms with E-state index < -0.39 is 6.10 Å². The second-order valence-electron chi connectivity index (χ2n) is 4.35. The van der Waals surface area contributed by atoms with E-state index in [-0.39, 0.29) is 12.0 Å². The summed E-state index contributed by atoms with van der Waals surface area (Å²) in [7, 11) is 0. The molecular weight excluding hydrogens is 176 g/mol. The Hall–Kier alpha value is -0.860. The van der Waals surface area contributed by atoms with Gasteiger partial charge in [-0.05, 0) is 17.4 Å². The molecule has 2 nitrogen and oxygen atoms in total. The van der Waals surface area contributed by atoms with Crippen LogP contribution in [-0.4, -0.2) is 22.9 Å². The van der Waals surface area contributed by atoms with Crippen molar-refractivity contribution in [1.82, 2.24) is 0 Å². The van der Waals surface area contributed by atoms with Gasteiger partial charge in [0.2, 0.25) is 0 Å². The Morgan fingerprint density at radius 2 is 1.79 bits per heavy atom. The number of benzene rings is 1. The molecule has 0 aliphatic rings. The zero-order valence-electron chi connectivity index (χ0n) is 8.77. The average Bonchev–Trinajstić information content (AvgIpc) is 2.17. The number of hydrogen-bond donors (Lipinski definition) is 2. The van der Waals surface area contributed by atoms with Crippen LogP contribution in [0.1, 0.15) is 19.4 Å². The van der Waals surface area contributed by atoms with Gasteiger partial charge < -0.3 is 10.2 Å². The van der Waals surface area contributed by atoms with Crippen molar-refractivity contribution in [2.45, 2.75) is 26.4 Å².